The van der Waals surface area contributed by atoms with Gasteiger partial charge >= 0.3 is 0 Å². The SMILES string of the molecule is CC(C)c1nc(C2CCCN(CC3(C)CCNC3)C2)no1.Cl. The van der Waals surface area contributed by atoms with E-state index in [1.807, 2.05) is 0 Å². The van der Waals surface area contributed by atoms with Crippen molar-refractivity contribution in [3.05, 3.63) is 11.7 Å². The molecule has 1 aromatic heterocycles. The van der Waals surface area contributed by atoms with Crippen molar-refractivity contribution in [1.82, 2.24) is 20.4 Å². The number of rotatable bonds is 4. The maximum absolute atomic E-state index is 5.38. The lowest BCUT2D eigenvalue weighted by molar-refractivity contribution is 0.138. The van der Waals surface area contributed by atoms with Crippen molar-refractivity contribution in [3.63, 3.8) is 0 Å². The number of halogens is 1. The van der Waals surface area contributed by atoms with E-state index < -0.39 is 0 Å². The highest BCUT2D eigenvalue weighted by atomic mass is 35.5. The van der Waals surface area contributed by atoms with Gasteiger partial charge in [0.05, 0.1) is 0 Å². The first-order chi connectivity index (χ1) is 10.1. The maximum Gasteiger partial charge on any atom is 0.229 e. The third kappa shape index (κ3) is 4.00. The lowest BCUT2D eigenvalue weighted by Crippen LogP contribution is -2.42. The standard InChI is InChI=1S/C16H28N4O.ClH/c1-12(2)15-18-14(19-21-15)13-5-4-8-20(9-13)11-16(3)6-7-17-10-16;/h12-13,17H,4-11H2,1-3H3;1H. The molecule has 3 heterocycles. The molecule has 2 fully saturated rings. The van der Waals surface area contributed by atoms with Gasteiger partial charge in [0, 0.05) is 31.5 Å². The Labute approximate surface area is 139 Å². The molecule has 0 spiro atoms. The minimum atomic E-state index is 0. The van der Waals surface area contributed by atoms with Crippen LogP contribution in [0.3, 0.4) is 0 Å². The van der Waals surface area contributed by atoms with Crippen molar-refractivity contribution in [1.29, 1.82) is 0 Å². The molecule has 6 heteroatoms. The summed E-state index contributed by atoms with van der Waals surface area (Å²) < 4.78 is 5.38. The summed E-state index contributed by atoms with van der Waals surface area (Å²) in [5.74, 6) is 2.44. The summed E-state index contributed by atoms with van der Waals surface area (Å²) in [5, 5.41) is 7.71. The fourth-order valence-electron chi connectivity index (χ4n) is 3.60. The highest BCUT2D eigenvalue weighted by Gasteiger charge is 2.33. The van der Waals surface area contributed by atoms with Crippen LogP contribution in [-0.4, -0.2) is 47.8 Å². The molecule has 2 aliphatic rings. The van der Waals surface area contributed by atoms with E-state index in [4.69, 9.17) is 4.52 Å². The van der Waals surface area contributed by atoms with Gasteiger partial charge in [0.2, 0.25) is 5.89 Å². The average molecular weight is 329 g/mol. The molecule has 5 nitrogen and oxygen atoms in total. The summed E-state index contributed by atoms with van der Waals surface area (Å²) in [6.07, 6.45) is 3.70. The summed E-state index contributed by atoms with van der Waals surface area (Å²) in [6, 6.07) is 0. The quantitative estimate of drug-likeness (QED) is 0.921. The number of aromatic nitrogens is 2. The Morgan fingerprint density at radius 2 is 2.27 bits per heavy atom. The van der Waals surface area contributed by atoms with E-state index in [0.29, 0.717) is 17.3 Å². The van der Waals surface area contributed by atoms with Crippen LogP contribution < -0.4 is 5.32 Å². The topological polar surface area (TPSA) is 54.2 Å². The normalized spacial score (nSPS) is 29.7. The molecule has 2 aliphatic heterocycles. The molecule has 3 rings (SSSR count). The van der Waals surface area contributed by atoms with Crippen molar-refractivity contribution >= 4 is 12.4 Å². The Morgan fingerprint density at radius 3 is 2.91 bits per heavy atom. The second-order valence-electron chi connectivity index (χ2n) is 7.46. The number of nitrogens with one attached hydrogen (secondary N) is 1. The molecule has 1 N–H and O–H groups in total. The first-order valence-corrected chi connectivity index (χ1v) is 8.32. The van der Waals surface area contributed by atoms with Gasteiger partial charge in [-0.2, -0.15) is 4.98 Å². The van der Waals surface area contributed by atoms with Gasteiger partial charge in [0.15, 0.2) is 5.82 Å². The molecular formula is C16H29ClN4O. The van der Waals surface area contributed by atoms with Crippen LogP contribution in [0.15, 0.2) is 4.52 Å². The molecule has 0 saturated carbocycles. The lowest BCUT2D eigenvalue weighted by Gasteiger charge is -2.36. The predicted octanol–water partition coefficient (Wildman–Crippen LogP) is 2.79. The van der Waals surface area contributed by atoms with Gasteiger partial charge in [0.1, 0.15) is 0 Å². The van der Waals surface area contributed by atoms with E-state index in [-0.39, 0.29) is 12.4 Å². The molecule has 126 valence electrons. The number of nitrogens with zero attached hydrogens (tertiary/aromatic N) is 3. The van der Waals surface area contributed by atoms with Gasteiger partial charge in [-0.05, 0) is 37.8 Å². The van der Waals surface area contributed by atoms with E-state index in [1.165, 1.54) is 32.4 Å². The number of hydrogen-bond acceptors (Lipinski definition) is 5. The largest absolute Gasteiger partial charge is 0.339 e. The van der Waals surface area contributed by atoms with Crippen LogP contribution in [0.25, 0.3) is 0 Å². The van der Waals surface area contributed by atoms with E-state index in [9.17, 15) is 0 Å². The first-order valence-electron chi connectivity index (χ1n) is 8.32. The molecule has 0 amide bonds. The molecule has 0 aliphatic carbocycles. The minimum absolute atomic E-state index is 0. The van der Waals surface area contributed by atoms with E-state index >= 15 is 0 Å². The molecule has 2 saturated heterocycles. The van der Waals surface area contributed by atoms with Gasteiger partial charge < -0.3 is 14.7 Å². The highest BCUT2D eigenvalue weighted by Crippen LogP contribution is 2.31. The fraction of sp³-hybridized carbons (Fsp3) is 0.875. The zero-order valence-electron chi connectivity index (χ0n) is 14.0. The molecule has 1 aromatic rings. The third-order valence-corrected chi connectivity index (χ3v) is 4.88. The maximum atomic E-state index is 5.38. The van der Waals surface area contributed by atoms with Crippen LogP contribution in [0.2, 0.25) is 0 Å². The summed E-state index contributed by atoms with van der Waals surface area (Å²) in [7, 11) is 0. The monoisotopic (exact) mass is 328 g/mol. The van der Waals surface area contributed by atoms with Gasteiger partial charge in [-0.25, -0.2) is 0 Å². The fourth-order valence-corrected chi connectivity index (χ4v) is 3.60. The summed E-state index contributed by atoms with van der Waals surface area (Å²) in [4.78, 5) is 7.20. The molecule has 0 aromatic carbocycles. The van der Waals surface area contributed by atoms with Gasteiger partial charge in [-0.3, -0.25) is 0 Å². The van der Waals surface area contributed by atoms with Crippen molar-refractivity contribution in [2.75, 3.05) is 32.7 Å². The Bertz CT molecular complexity index is 470. The number of likely N-dealkylation sites (tertiary alicyclic amines) is 1. The van der Waals surface area contributed by atoms with Crippen LogP contribution in [0.4, 0.5) is 0 Å². The van der Waals surface area contributed by atoms with Crippen LogP contribution >= 0.6 is 12.4 Å². The average Bonchev–Trinajstić information content (AvgIpc) is 3.08. The highest BCUT2D eigenvalue weighted by molar-refractivity contribution is 5.85. The van der Waals surface area contributed by atoms with Crippen molar-refractivity contribution < 1.29 is 4.52 Å². The van der Waals surface area contributed by atoms with Crippen molar-refractivity contribution in [2.24, 2.45) is 5.41 Å². The molecule has 22 heavy (non-hydrogen) atoms. The first kappa shape index (κ1) is 17.7. The van der Waals surface area contributed by atoms with Crippen LogP contribution in [0.5, 0.6) is 0 Å². The molecule has 2 atom stereocenters. The zero-order valence-corrected chi connectivity index (χ0v) is 14.8. The predicted molar refractivity (Wildman–Crippen MR) is 89.6 cm³/mol. The number of hydrogen-bond donors (Lipinski definition) is 1. The van der Waals surface area contributed by atoms with Gasteiger partial charge in [-0.1, -0.05) is 25.9 Å². The summed E-state index contributed by atoms with van der Waals surface area (Å²) in [6.45, 7) is 12.4. The van der Waals surface area contributed by atoms with Crippen molar-refractivity contribution in [2.45, 2.75) is 51.9 Å². The second kappa shape index (κ2) is 7.28. The van der Waals surface area contributed by atoms with E-state index in [2.05, 4.69) is 41.1 Å². The lowest BCUT2D eigenvalue weighted by atomic mass is 9.87. The second-order valence-corrected chi connectivity index (χ2v) is 7.46. The summed E-state index contributed by atoms with van der Waals surface area (Å²) in [5.41, 5.74) is 0.433. The Kier molecular flexibility index (Phi) is 5.86. The van der Waals surface area contributed by atoms with Crippen LogP contribution in [-0.2, 0) is 0 Å². The Balaban J connectivity index is 0.00000176. The zero-order chi connectivity index (χ0) is 14.9. The van der Waals surface area contributed by atoms with Crippen LogP contribution in [0.1, 0.15) is 63.6 Å². The molecule has 0 bridgehead atoms. The number of piperidine rings is 1. The Hall–Kier alpha value is -0.650. The van der Waals surface area contributed by atoms with Crippen molar-refractivity contribution in [3.8, 4) is 0 Å². The minimum Gasteiger partial charge on any atom is -0.339 e. The van der Waals surface area contributed by atoms with Gasteiger partial charge in [-0.15, -0.1) is 12.4 Å². The molecule has 2 unspecified atom stereocenters. The molecular weight excluding hydrogens is 300 g/mol. The summed E-state index contributed by atoms with van der Waals surface area (Å²) >= 11 is 0. The van der Waals surface area contributed by atoms with Crippen LogP contribution in [0, 0.1) is 5.41 Å². The van der Waals surface area contributed by atoms with E-state index in [0.717, 1.165) is 31.3 Å². The smallest absolute Gasteiger partial charge is 0.229 e. The molecule has 0 radical (unpaired) electrons. The van der Waals surface area contributed by atoms with E-state index in [1.54, 1.807) is 0 Å². The van der Waals surface area contributed by atoms with Gasteiger partial charge in [0.25, 0.3) is 0 Å². The Morgan fingerprint density at radius 1 is 1.45 bits per heavy atom. The third-order valence-electron chi connectivity index (χ3n) is 4.88.